The first-order valence-corrected chi connectivity index (χ1v) is 6.07. The maximum Gasteiger partial charge on any atom is 0.129 e. The summed E-state index contributed by atoms with van der Waals surface area (Å²) in [5.41, 5.74) is 7.07. The molecule has 0 aliphatic heterocycles. The normalized spacial score (nSPS) is 12.7. The Morgan fingerprint density at radius 3 is 2.94 bits per heavy atom. The van der Waals surface area contributed by atoms with E-state index in [9.17, 15) is 4.39 Å². The molecule has 1 aromatic carbocycles. The molecule has 0 fully saturated rings. The van der Waals surface area contributed by atoms with E-state index in [2.05, 4.69) is 10.3 Å². The van der Waals surface area contributed by atoms with Gasteiger partial charge in [0.2, 0.25) is 0 Å². The SMILES string of the molecule is CCC(N)c1cn(Cc2ccc(Cl)cc2F)nn1. The number of rotatable bonds is 4. The Kier molecular flexibility index (Phi) is 3.93. The summed E-state index contributed by atoms with van der Waals surface area (Å²) in [7, 11) is 0. The average Bonchev–Trinajstić information content (AvgIpc) is 2.80. The van der Waals surface area contributed by atoms with Crippen LogP contribution in [0.3, 0.4) is 0 Å². The molecule has 6 heteroatoms. The van der Waals surface area contributed by atoms with Crippen molar-refractivity contribution in [1.29, 1.82) is 0 Å². The van der Waals surface area contributed by atoms with Crippen LogP contribution in [0.4, 0.5) is 4.39 Å². The second-order valence-electron chi connectivity index (χ2n) is 4.09. The lowest BCUT2D eigenvalue weighted by Crippen LogP contribution is -2.08. The fourth-order valence-electron chi connectivity index (χ4n) is 1.59. The van der Waals surface area contributed by atoms with E-state index in [0.29, 0.717) is 22.8 Å². The molecule has 1 atom stereocenters. The summed E-state index contributed by atoms with van der Waals surface area (Å²) in [6.07, 6.45) is 2.52. The quantitative estimate of drug-likeness (QED) is 0.927. The molecule has 0 saturated carbocycles. The van der Waals surface area contributed by atoms with Crippen molar-refractivity contribution in [3.05, 3.63) is 46.5 Å². The molecule has 0 bridgehead atoms. The van der Waals surface area contributed by atoms with Crippen LogP contribution in [0.1, 0.15) is 30.6 Å². The summed E-state index contributed by atoms with van der Waals surface area (Å²) >= 11 is 5.69. The third-order valence-electron chi connectivity index (χ3n) is 2.72. The Bertz CT molecular complexity index is 541. The fraction of sp³-hybridized carbons (Fsp3) is 0.333. The monoisotopic (exact) mass is 268 g/mol. The van der Waals surface area contributed by atoms with Crippen LogP contribution in [-0.4, -0.2) is 15.0 Å². The predicted octanol–water partition coefficient (Wildman–Crippen LogP) is 2.53. The summed E-state index contributed by atoms with van der Waals surface area (Å²) < 4.78 is 15.2. The minimum atomic E-state index is -0.348. The first-order valence-electron chi connectivity index (χ1n) is 5.69. The fourth-order valence-corrected chi connectivity index (χ4v) is 1.75. The average molecular weight is 269 g/mol. The van der Waals surface area contributed by atoms with Crippen molar-refractivity contribution in [2.24, 2.45) is 5.73 Å². The molecule has 2 N–H and O–H groups in total. The van der Waals surface area contributed by atoms with E-state index in [1.807, 2.05) is 6.92 Å². The van der Waals surface area contributed by atoms with E-state index in [1.54, 1.807) is 23.0 Å². The van der Waals surface area contributed by atoms with Crippen molar-refractivity contribution in [3.63, 3.8) is 0 Å². The van der Waals surface area contributed by atoms with Crippen LogP contribution in [0.15, 0.2) is 24.4 Å². The Morgan fingerprint density at radius 1 is 1.50 bits per heavy atom. The van der Waals surface area contributed by atoms with Crippen molar-refractivity contribution in [1.82, 2.24) is 15.0 Å². The van der Waals surface area contributed by atoms with Gasteiger partial charge < -0.3 is 5.73 Å². The largest absolute Gasteiger partial charge is 0.323 e. The minimum absolute atomic E-state index is 0.131. The second-order valence-corrected chi connectivity index (χ2v) is 4.53. The van der Waals surface area contributed by atoms with Crippen LogP contribution in [0.2, 0.25) is 5.02 Å². The van der Waals surface area contributed by atoms with Gasteiger partial charge in [-0.15, -0.1) is 5.10 Å². The molecule has 0 aliphatic rings. The maximum atomic E-state index is 13.6. The molecule has 0 aliphatic carbocycles. The van der Waals surface area contributed by atoms with Gasteiger partial charge in [0.15, 0.2) is 0 Å². The van der Waals surface area contributed by atoms with Gasteiger partial charge in [-0.3, -0.25) is 0 Å². The molecule has 2 rings (SSSR count). The topological polar surface area (TPSA) is 56.7 Å². The number of aromatic nitrogens is 3. The summed E-state index contributed by atoms with van der Waals surface area (Å²) in [5, 5.41) is 8.28. The first-order chi connectivity index (χ1) is 8.60. The lowest BCUT2D eigenvalue weighted by Gasteiger charge is -2.04. The highest BCUT2D eigenvalue weighted by molar-refractivity contribution is 6.30. The van der Waals surface area contributed by atoms with E-state index < -0.39 is 0 Å². The molecule has 0 amide bonds. The molecule has 4 nitrogen and oxygen atoms in total. The maximum absolute atomic E-state index is 13.6. The van der Waals surface area contributed by atoms with E-state index in [4.69, 9.17) is 17.3 Å². The summed E-state index contributed by atoms with van der Waals surface area (Å²) in [6, 6.07) is 4.44. The van der Waals surface area contributed by atoms with E-state index >= 15 is 0 Å². The van der Waals surface area contributed by atoms with Gasteiger partial charge >= 0.3 is 0 Å². The Hall–Kier alpha value is -1.46. The molecule has 2 aromatic rings. The predicted molar refractivity (Wildman–Crippen MR) is 67.8 cm³/mol. The van der Waals surface area contributed by atoms with Gasteiger partial charge in [-0.2, -0.15) is 0 Å². The number of halogens is 2. The molecule has 1 aromatic heterocycles. The number of nitrogens with two attached hydrogens (primary N) is 1. The van der Waals surface area contributed by atoms with Gasteiger partial charge in [0, 0.05) is 10.6 Å². The molecule has 96 valence electrons. The first kappa shape index (κ1) is 13.0. The Morgan fingerprint density at radius 2 is 2.28 bits per heavy atom. The number of benzene rings is 1. The third-order valence-corrected chi connectivity index (χ3v) is 2.96. The van der Waals surface area contributed by atoms with Gasteiger partial charge in [0.05, 0.1) is 24.5 Å². The van der Waals surface area contributed by atoms with Gasteiger partial charge in [-0.05, 0) is 18.6 Å². The van der Waals surface area contributed by atoms with Crippen LogP contribution < -0.4 is 5.73 Å². The van der Waals surface area contributed by atoms with E-state index in [1.165, 1.54) is 6.07 Å². The van der Waals surface area contributed by atoms with Crippen molar-refractivity contribution in [2.45, 2.75) is 25.9 Å². The zero-order valence-corrected chi connectivity index (χ0v) is 10.7. The van der Waals surface area contributed by atoms with Crippen LogP contribution in [-0.2, 0) is 6.54 Å². The smallest absolute Gasteiger partial charge is 0.129 e. The van der Waals surface area contributed by atoms with E-state index in [0.717, 1.165) is 6.42 Å². The lowest BCUT2D eigenvalue weighted by atomic mass is 10.2. The summed E-state index contributed by atoms with van der Waals surface area (Å²) in [4.78, 5) is 0. The molecule has 0 radical (unpaired) electrons. The second kappa shape index (κ2) is 5.46. The van der Waals surface area contributed by atoms with Gasteiger partial charge in [-0.25, -0.2) is 9.07 Å². The van der Waals surface area contributed by atoms with Crippen molar-refractivity contribution in [3.8, 4) is 0 Å². The van der Waals surface area contributed by atoms with Crippen LogP contribution in [0.5, 0.6) is 0 Å². The minimum Gasteiger partial charge on any atom is -0.323 e. The Labute approximate surface area is 110 Å². The van der Waals surface area contributed by atoms with Crippen molar-refractivity contribution < 1.29 is 4.39 Å². The zero-order valence-electron chi connectivity index (χ0n) is 9.98. The highest BCUT2D eigenvalue weighted by Crippen LogP contribution is 2.16. The summed E-state index contributed by atoms with van der Waals surface area (Å²) in [6.45, 7) is 2.29. The van der Waals surface area contributed by atoms with Gasteiger partial charge in [-0.1, -0.05) is 29.8 Å². The number of hydrogen-bond acceptors (Lipinski definition) is 3. The van der Waals surface area contributed by atoms with Crippen LogP contribution in [0.25, 0.3) is 0 Å². The van der Waals surface area contributed by atoms with Crippen molar-refractivity contribution in [2.75, 3.05) is 0 Å². The van der Waals surface area contributed by atoms with Gasteiger partial charge in [0.1, 0.15) is 5.82 Å². The van der Waals surface area contributed by atoms with Gasteiger partial charge in [0.25, 0.3) is 0 Å². The van der Waals surface area contributed by atoms with Crippen molar-refractivity contribution >= 4 is 11.6 Å². The number of nitrogens with zero attached hydrogens (tertiary/aromatic N) is 3. The molecule has 1 heterocycles. The standard InChI is InChI=1S/C12H14ClFN4/c1-2-11(15)12-7-18(17-16-12)6-8-3-4-9(13)5-10(8)14/h3-5,7,11H,2,6,15H2,1H3. The van der Waals surface area contributed by atoms with Crippen LogP contribution in [0, 0.1) is 5.82 Å². The molecular formula is C12H14ClFN4. The molecular weight excluding hydrogens is 255 g/mol. The molecule has 18 heavy (non-hydrogen) atoms. The molecule has 0 spiro atoms. The molecule has 1 unspecified atom stereocenters. The Balaban J connectivity index is 2.16. The number of hydrogen-bond donors (Lipinski definition) is 1. The highest BCUT2D eigenvalue weighted by atomic mass is 35.5. The van der Waals surface area contributed by atoms with Crippen LogP contribution >= 0.6 is 11.6 Å². The highest BCUT2D eigenvalue weighted by Gasteiger charge is 2.10. The summed E-state index contributed by atoms with van der Waals surface area (Å²) in [5.74, 6) is -0.348. The lowest BCUT2D eigenvalue weighted by molar-refractivity contribution is 0.577. The molecule has 0 saturated heterocycles. The third kappa shape index (κ3) is 2.86. The zero-order chi connectivity index (χ0) is 13.1. The van der Waals surface area contributed by atoms with E-state index in [-0.39, 0.29) is 11.9 Å².